The van der Waals surface area contributed by atoms with Gasteiger partial charge in [-0.2, -0.15) is 0 Å². The van der Waals surface area contributed by atoms with Crippen molar-refractivity contribution in [3.63, 3.8) is 0 Å². The van der Waals surface area contributed by atoms with Gasteiger partial charge in [-0.05, 0) is 50.4 Å². The summed E-state index contributed by atoms with van der Waals surface area (Å²) in [4.78, 5) is 24.6. The maximum Gasteiger partial charge on any atom is 0.337 e. The molecule has 0 unspecified atom stereocenters. The summed E-state index contributed by atoms with van der Waals surface area (Å²) in [5.74, 6) is 0.00308. The van der Waals surface area contributed by atoms with Crippen molar-refractivity contribution in [3.05, 3.63) is 64.5 Å². The van der Waals surface area contributed by atoms with E-state index in [1.807, 2.05) is 6.92 Å². The first-order valence-corrected chi connectivity index (χ1v) is 9.88. The lowest BCUT2D eigenvalue weighted by molar-refractivity contribution is 0.102. The van der Waals surface area contributed by atoms with Gasteiger partial charge in [0.05, 0.1) is 17.1 Å². The van der Waals surface area contributed by atoms with Gasteiger partial charge >= 0.3 is 5.63 Å². The Morgan fingerprint density at radius 1 is 1.11 bits per heavy atom. The van der Waals surface area contributed by atoms with E-state index in [9.17, 15) is 18.0 Å². The fourth-order valence-electron chi connectivity index (χ4n) is 2.62. The van der Waals surface area contributed by atoms with Crippen LogP contribution in [-0.4, -0.2) is 28.0 Å². The second kappa shape index (κ2) is 7.83. The van der Waals surface area contributed by atoms with E-state index in [1.54, 1.807) is 18.2 Å². The molecular weight excluding hydrogens is 384 g/mol. The average molecular weight is 402 g/mol. The van der Waals surface area contributed by atoms with Gasteiger partial charge in [0.2, 0.25) is 10.0 Å². The zero-order valence-electron chi connectivity index (χ0n) is 15.2. The Morgan fingerprint density at radius 3 is 2.46 bits per heavy atom. The summed E-state index contributed by atoms with van der Waals surface area (Å²) >= 11 is 0. The highest BCUT2D eigenvalue weighted by atomic mass is 32.2. The van der Waals surface area contributed by atoms with Crippen LogP contribution in [0.25, 0.3) is 11.0 Å². The van der Waals surface area contributed by atoms with Gasteiger partial charge in [-0.25, -0.2) is 17.9 Å². The lowest BCUT2D eigenvalue weighted by atomic mass is 10.1. The molecule has 0 bridgehead atoms. The number of nitrogens with one attached hydrogen (secondary N) is 2. The van der Waals surface area contributed by atoms with Crippen molar-refractivity contribution in [2.75, 3.05) is 19.0 Å². The number of benzene rings is 2. The predicted molar refractivity (Wildman–Crippen MR) is 104 cm³/mol. The smallest absolute Gasteiger partial charge is 0.337 e. The normalized spacial score (nSPS) is 11.4. The molecule has 0 spiro atoms. The molecule has 2 N–H and O–H groups in total. The van der Waals surface area contributed by atoms with Crippen LogP contribution in [0.1, 0.15) is 17.3 Å². The highest BCUT2D eigenvalue weighted by Gasteiger charge is 2.15. The Balaban J connectivity index is 1.92. The molecule has 3 rings (SSSR count). The van der Waals surface area contributed by atoms with E-state index in [0.717, 1.165) is 6.07 Å². The first-order valence-electron chi connectivity index (χ1n) is 8.39. The minimum atomic E-state index is -3.57. The van der Waals surface area contributed by atoms with Crippen LogP contribution in [0.5, 0.6) is 5.75 Å². The Kier molecular flexibility index (Phi) is 5.48. The van der Waals surface area contributed by atoms with Gasteiger partial charge < -0.3 is 14.5 Å². The summed E-state index contributed by atoms with van der Waals surface area (Å²) in [6, 6.07) is 11.6. The average Bonchev–Trinajstić information content (AvgIpc) is 2.67. The van der Waals surface area contributed by atoms with E-state index in [4.69, 9.17) is 9.15 Å². The van der Waals surface area contributed by atoms with Crippen LogP contribution >= 0.6 is 0 Å². The summed E-state index contributed by atoms with van der Waals surface area (Å²) in [7, 11) is -2.25. The maximum absolute atomic E-state index is 12.7. The summed E-state index contributed by atoms with van der Waals surface area (Å²) < 4.78 is 36.3. The molecule has 0 radical (unpaired) electrons. The van der Waals surface area contributed by atoms with Crippen LogP contribution in [0.2, 0.25) is 0 Å². The monoisotopic (exact) mass is 402 g/mol. The Hall–Kier alpha value is -3.17. The van der Waals surface area contributed by atoms with Gasteiger partial charge in [0.15, 0.2) is 0 Å². The molecule has 146 valence electrons. The van der Waals surface area contributed by atoms with Gasteiger partial charge in [0, 0.05) is 23.2 Å². The second-order valence-electron chi connectivity index (χ2n) is 5.76. The molecule has 0 saturated heterocycles. The number of hydrogen-bond donors (Lipinski definition) is 2. The Morgan fingerprint density at radius 2 is 1.82 bits per heavy atom. The number of fused-ring (bicyclic) bond motifs is 1. The van der Waals surface area contributed by atoms with E-state index >= 15 is 0 Å². The summed E-state index contributed by atoms with van der Waals surface area (Å²) in [6.45, 7) is 2.28. The number of sulfonamides is 1. The third-order valence-electron chi connectivity index (χ3n) is 3.96. The van der Waals surface area contributed by atoms with Crippen LogP contribution in [0.4, 0.5) is 5.69 Å². The van der Waals surface area contributed by atoms with E-state index in [0.29, 0.717) is 23.4 Å². The van der Waals surface area contributed by atoms with Gasteiger partial charge in [-0.3, -0.25) is 4.79 Å². The lowest BCUT2D eigenvalue weighted by Crippen LogP contribution is -2.18. The summed E-state index contributed by atoms with van der Waals surface area (Å²) in [5.41, 5.74) is 0.0921. The number of ether oxygens (including phenoxy) is 1. The molecule has 0 aliphatic heterocycles. The first-order chi connectivity index (χ1) is 13.3. The highest BCUT2D eigenvalue weighted by Crippen LogP contribution is 2.24. The van der Waals surface area contributed by atoms with E-state index in [1.165, 1.54) is 31.3 Å². The number of rotatable bonds is 6. The summed E-state index contributed by atoms with van der Waals surface area (Å²) in [5, 5.41) is 3.10. The van der Waals surface area contributed by atoms with Crippen molar-refractivity contribution >= 4 is 32.6 Å². The van der Waals surface area contributed by atoms with E-state index < -0.39 is 21.6 Å². The molecule has 1 aromatic heterocycles. The van der Waals surface area contributed by atoms with Crippen LogP contribution in [0.3, 0.4) is 0 Å². The molecule has 8 nitrogen and oxygen atoms in total. The van der Waals surface area contributed by atoms with Crippen molar-refractivity contribution in [2.24, 2.45) is 0 Å². The molecular formula is C19H18N2O6S. The zero-order valence-corrected chi connectivity index (χ0v) is 16.0. The molecule has 0 atom stereocenters. The lowest BCUT2D eigenvalue weighted by Gasteiger charge is -2.09. The third-order valence-corrected chi connectivity index (χ3v) is 5.39. The third kappa shape index (κ3) is 4.05. The maximum atomic E-state index is 12.7. The Labute approximate surface area is 161 Å². The standard InChI is InChI=1S/C19H18N2O6S/c1-3-26-13-6-9-15-16(11-18(22)27-17(15)10-13)19(23)21-12-4-7-14(8-5-12)28(24,25)20-2/h4-11,20H,3H2,1-2H3,(H,21,23). The van der Waals surface area contributed by atoms with Crippen molar-refractivity contribution < 1.29 is 22.4 Å². The molecule has 9 heteroatoms. The minimum absolute atomic E-state index is 0.0715. The summed E-state index contributed by atoms with van der Waals surface area (Å²) in [6.07, 6.45) is 0. The largest absolute Gasteiger partial charge is 0.494 e. The number of anilines is 1. The van der Waals surface area contributed by atoms with Crippen LogP contribution in [0.15, 0.2) is 62.6 Å². The fourth-order valence-corrected chi connectivity index (χ4v) is 3.35. The molecule has 0 fully saturated rings. The molecule has 2 aromatic carbocycles. The molecule has 28 heavy (non-hydrogen) atoms. The SMILES string of the molecule is CCOc1ccc2c(C(=O)Nc3ccc(S(=O)(=O)NC)cc3)cc(=O)oc2c1. The quantitative estimate of drug-likeness (QED) is 0.612. The fraction of sp³-hybridized carbons (Fsp3) is 0.158. The van der Waals surface area contributed by atoms with Gasteiger partial charge in [0.1, 0.15) is 11.3 Å². The van der Waals surface area contributed by atoms with E-state index in [2.05, 4.69) is 10.0 Å². The van der Waals surface area contributed by atoms with E-state index in [-0.39, 0.29) is 16.0 Å². The molecule has 1 amide bonds. The number of hydrogen-bond acceptors (Lipinski definition) is 6. The number of amides is 1. The highest BCUT2D eigenvalue weighted by molar-refractivity contribution is 7.89. The molecule has 0 saturated carbocycles. The molecule has 3 aromatic rings. The molecule has 1 heterocycles. The first kappa shape index (κ1) is 19.6. The van der Waals surface area contributed by atoms with Crippen LogP contribution < -0.4 is 20.4 Å². The van der Waals surface area contributed by atoms with Crippen molar-refractivity contribution in [3.8, 4) is 5.75 Å². The minimum Gasteiger partial charge on any atom is -0.494 e. The topological polar surface area (TPSA) is 115 Å². The Bertz CT molecular complexity index is 1180. The second-order valence-corrected chi connectivity index (χ2v) is 7.64. The van der Waals surface area contributed by atoms with Gasteiger partial charge in [-0.1, -0.05) is 0 Å². The molecule has 0 aliphatic carbocycles. The zero-order chi connectivity index (χ0) is 20.3. The molecule has 0 aliphatic rings. The van der Waals surface area contributed by atoms with Crippen molar-refractivity contribution in [1.29, 1.82) is 0 Å². The van der Waals surface area contributed by atoms with Crippen LogP contribution in [-0.2, 0) is 10.0 Å². The predicted octanol–water partition coefficient (Wildman–Crippen LogP) is 2.35. The van der Waals surface area contributed by atoms with Crippen LogP contribution in [0, 0.1) is 0 Å². The van der Waals surface area contributed by atoms with Crippen molar-refractivity contribution in [2.45, 2.75) is 11.8 Å². The number of carbonyl (C=O) groups excluding carboxylic acids is 1. The number of carbonyl (C=O) groups is 1. The van der Waals surface area contributed by atoms with Gasteiger partial charge in [0.25, 0.3) is 5.91 Å². The van der Waals surface area contributed by atoms with Gasteiger partial charge in [-0.15, -0.1) is 0 Å². The van der Waals surface area contributed by atoms with Crippen molar-refractivity contribution in [1.82, 2.24) is 4.72 Å².